The second kappa shape index (κ2) is 5.51. The molecule has 1 saturated carbocycles. The zero-order chi connectivity index (χ0) is 13.9. The summed E-state index contributed by atoms with van der Waals surface area (Å²) in [5, 5.41) is 2.97. The maximum atomic E-state index is 12.2. The Kier molecular flexibility index (Phi) is 4.16. The zero-order valence-electron chi connectivity index (χ0n) is 11.6. The molecule has 0 atom stereocenters. The largest absolute Gasteiger partial charge is 0.388 e. The van der Waals surface area contributed by atoms with E-state index in [1.165, 1.54) is 6.42 Å². The predicted molar refractivity (Wildman–Crippen MR) is 77.8 cm³/mol. The molecule has 1 fully saturated rings. The molecule has 1 aromatic carbocycles. The molecule has 0 aliphatic heterocycles. The van der Waals surface area contributed by atoms with Gasteiger partial charge in [-0.05, 0) is 48.9 Å². The number of anilines is 1. The van der Waals surface area contributed by atoms with Crippen molar-refractivity contribution < 1.29 is 8.42 Å². The van der Waals surface area contributed by atoms with Crippen LogP contribution in [0.2, 0.25) is 0 Å². The normalized spacial score (nSPS) is 17.8. The average molecular weight is 282 g/mol. The Balaban J connectivity index is 2.05. The van der Waals surface area contributed by atoms with Gasteiger partial charge in [0.1, 0.15) is 0 Å². The van der Waals surface area contributed by atoms with Crippen molar-refractivity contribution in [3.05, 3.63) is 24.3 Å². The van der Waals surface area contributed by atoms with Crippen molar-refractivity contribution in [3.63, 3.8) is 0 Å². The molecule has 4 nitrogen and oxygen atoms in total. The minimum Gasteiger partial charge on any atom is -0.388 e. The van der Waals surface area contributed by atoms with E-state index in [-0.39, 0.29) is 5.41 Å². The van der Waals surface area contributed by atoms with Crippen LogP contribution < -0.4 is 10.0 Å². The monoisotopic (exact) mass is 282 g/mol. The number of nitrogens with one attached hydrogen (secondary N) is 2. The highest BCUT2D eigenvalue weighted by molar-refractivity contribution is 7.89. The smallest absolute Gasteiger partial charge is 0.240 e. The van der Waals surface area contributed by atoms with Gasteiger partial charge in [0.2, 0.25) is 10.0 Å². The third kappa shape index (κ3) is 3.09. The van der Waals surface area contributed by atoms with E-state index in [2.05, 4.69) is 17.0 Å². The van der Waals surface area contributed by atoms with E-state index >= 15 is 0 Å². The summed E-state index contributed by atoms with van der Waals surface area (Å²) in [6.07, 6.45) is 4.51. The first kappa shape index (κ1) is 14.3. The maximum Gasteiger partial charge on any atom is 0.240 e. The molecule has 2 rings (SSSR count). The van der Waals surface area contributed by atoms with Gasteiger partial charge in [0, 0.05) is 19.3 Å². The number of hydrogen-bond donors (Lipinski definition) is 2. The molecule has 19 heavy (non-hydrogen) atoms. The molecule has 0 spiro atoms. The van der Waals surface area contributed by atoms with E-state index in [0.29, 0.717) is 11.4 Å². The van der Waals surface area contributed by atoms with Gasteiger partial charge in [0.25, 0.3) is 0 Å². The second-order valence-corrected chi connectivity index (χ2v) is 7.07. The van der Waals surface area contributed by atoms with Crippen molar-refractivity contribution in [2.75, 3.05) is 18.9 Å². The molecule has 2 N–H and O–H groups in total. The van der Waals surface area contributed by atoms with Gasteiger partial charge in [-0.15, -0.1) is 0 Å². The Bertz CT molecular complexity index is 513. The minimum absolute atomic E-state index is 0.192. The van der Waals surface area contributed by atoms with E-state index in [9.17, 15) is 8.42 Å². The summed E-state index contributed by atoms with van der Waals surface area (Å²) in [6.45, 7) is 2.69. The van der Waals surface area contributed by atoms with Crippen LogP contribution in [-0.2, 0) is 10.0 Å². The van der Waals surface area contributed by atoms with Crippen LogP contribution in [0.1, 0.15) is 32.6 Å². The topological polar surface area (TPSA) is 58.2 Å². The average Bonchev–Trinajstić information content (AvgIpc) is 2.38. The van der Waals surface area contributed by atoms with Gasteiger partial charge >= 0.3 is 0 Å². The van der Waals surface area contributed by atoms with Crippen LogP contribution in [0.5, 0.6) is 0 Å². The first-order valence-corrected chi connectivity index (χ1v) is 8.27. The van der Waals surface area contributed by atoms with Gasteiger partial charge in [-0.3, -0.25) is 0 Å². The third-order valence-electron chi connectivity index (χ3n) is 4.25. The van der Waals surface area contributed by atoms with Gasteiger partial charge in [0.15, 0.2) is 0 Å². The first-order valence-electron chi connectivity index (χ1n) is 6.79. The second-order valence-electron chi connectivity index (χ2n) is 5.31. The fourth-order valence-electron chi connectivity index (χ4n) is 2.46. The minimum atomic E-state index is -3.38. The van der Waals surface area contributed by atoms with E-state index in [1.807, 2.05) is 7.05 Å². The van der Waals surface area contributed by atoms with Gasteiger partial charge in [0.05, 0.1) is 4.90 Å². The van der Waals surface area contributed by atoms with Gasteiger partial charge in [-0.25, -0.2) is 13.1 Å². The van der Waals surface area contributed by atoms with Crippen LogP contribution >= 0.6 is 0 Å². The molecule has 0 heterocycles. The van der Waals surface area contributed by atoms with Crippen LogP contribution in [0.25, 0.3) is 0 Å². The Labute approximate surface area is 115 Å². The molecule has 0 saturated heterocycles. The standard InChI is InChI=1S/C14H22N2O2S/c1-3-14(9-4-10-14)11-16-19(17,18)13-7-5-12(15-2)6-8-13/h5-8,15-16H,3-4,9-11H2,1-2H3. The van der Waals surface area contributed by atoms with Crippen molar-refractivity contribution in [1.29, 1.82) is 0 Å². The number of benzene rings is 1. The highest BCUT2D eigenvalue weighted by atomic mass is 32.2. The fourth-order valence-corrected chi connectivity index (χ4v) is 3.62. The number of sulfonamides is 1. The quantitative estimate of drug-likeness (QED) is 0.843. The molecule has 0 bridgehead atoms. The SMILES string of the molecule is CCC1(CNS(=O)(=O)c2ccc(NC)cc2)CCC1. The maximum absolute atomic E-state index is 12.2. The lowest BCUT2D eigenvalue weighted by atomic mass is 9.67. The fraction of sp³-hybridized carbons (Fsp3) is 0.571. The van der Waals surface area contributed by atoms with Crippen molar-refractivity contribution in [2.45, 2.75) is 37.5 Å². The molecular formula is C14H22N2O2S. The summed E-state index contributed by atoms with van der Waals surface area (Å²) in [7, 11) is -1.57. The third-order valence-corrected chi connectivity index (χ3v) is 5.67. The van der Waals surface area contributed by atoms with Crippen LogP contribution in [0.4, 0.5) is 5.69 Å². The molecule has 1 aliphatic rings. The number of rotatable bonds is 6. The van der Waals surface area contributed by atoms with Crippen molar-refractivity contribution in [2.24, 2.45) is 5.41 Å². The molecule has 0 aromatic heterocycles. The molecule has 5 heteroatoms. The molecule has 0 radical (unpaired) electrons. The van der Waals surface area contributed by atoms with Crippen LogP contribution in [0.3, 0.4) is 0 Å². The van der Waals surface area contributed by atoms with E-state index in [4.69, 9.17) is 0 Å². The molecule has 1 aliphatic carbocycles. The molecule has 106 valence electrons. The zero-order valence-corrected chi connectivity index (χ0v) is 12.4. The van der Waals surface area contributed by atoms with Gasteiger partial charge in [-0.1, -0.05) is 13.3 Å². The Morgan fingerprint density at radius 3 is 2.26 bits per heavy atom. The Morgan fingerprint density at radius 1 is 1.21 bits per heavy atom. The molecule has 0 amide bonds. The predicted octanol–water partition coefficient (Wildman–Crippen LogP) is 2.59. The highest BCUT2D eigenvalue weighted by Crippen LogP contribution is 2.43. The summed E-state index contributed by atoms with van der Waals surface area (Å²) in [6, 6.07) is 6.81. The lowest BCUT2D eigenvalue weighted by Gasteiger charge is -2.41. The van der Waals surface area contributed by atoms with Crippen LogP contribution in [-0.4, -0.2) is 22.0 Å². The highest BCUT2D eigenvalue weighted by Gasteiger charge is 2.36. The summed E-state index contributed by atoms with van der Waals surface area (Å²) in [5.41, 5.74) is 1.10. The lowest BCUT2D eigenvalue weighted by molar-refractivity contribution is 0.133. The molecule has 0 unspecified atom stereocenters. The first-order chi connectivity index (χ1) is 9.01. The Morgan fingerprint density at radius 2 is 1.84 bits per heavy atom. The van der Waals surface area contributed by atoms with Crippen molar-refractivity contribution in [3.8, 4) is 0 Å². The summed E-state index contributed by atoms with van der Waals surface area (Å²) in [4.78, 5) is 0.331. The summed E-state index contributed by atoms with van der Waals surface area (Å²) < 4.78 is 27.2. The van der Waals surface area contributed by atoms with Gasteiger partial charge in [-0.2, -0.15) is 0 Å². The van der Waals surface area contributed by atoms with Crippen LogP contribution in [0, 0.1) is 5.41 Å². The summed E-state index contributed by atoms with van der Waals surface area (Å²) >= 11 is 0. The van der Waals surface area contributed by atoms with E-state index in [0.717, 1.165) is 24.9 Å². The van der Waals surface area contributed by atoms with Crippen LogP contribution in [0.15, 0.2) is 29.2 Å². The Hall–Kier alpha value is -1.07. The molecule has 1 aromatic rings. The lowest BCUT2D eigenvalue weighted by Crippen LogP contribution is -2.41. The van der Waals surface area contributed by atoms with Crippen molar-refractivity contribution in [1.82, 2.24) is 4.72 Å². The van der Waals surface area contributed by atoms with Crippen molar-refractivity contribution >= 4 is 15.7 Å². The summed E-state index contributed by atoms with van der Waals surface area (Å²) in [5.74, 6) is 0. The van der Waals surface area contributed by atoms with Gasteiger partial charge < -0.3 is 5.32 Å². The number of hydrogen-bond acceptors (Lipinski definition) is 3. The van der Waals surface area contributed by atoms with E-state index < -0.39 is 10.0 Å². The molecular weight excluding hydrogens is 260 g/mol. The van der Waals surface area contributed by atoms with E-state index in [1.54, 1.807) is 24.3 Å².